The molecule has 0 aromatic heterocycles. The number of nitrogens with zero attached hydrogens (tertiary/aromatic N) is 2. The number of likely N-dealkylation sites (tertiary alicyclic amines) is 1. The number of likely N-dealkylation sites (N-methyl/N-ethyl adjacent to an activating group) is 1. The fourth-order valence-electron chi connectivity index (χ4n) is 3.14. The molecule has 1 aliphatic heterocycles. The van der Waals surface area contributed by atoms with Gasteiger partial charge in [0.2, 0.25) is 0 Å². The van der Waals surface area contributed by atoms with Crippen LogP contribution in [0.4, 0.5) is 14.9 Å². The number of ether oxygens (including phenoxy) is 1. The van der Waals surface area contributed by atoms with E-state index in [1.54, 1.807) is 13.1 Å². The zero-order valence-electron chi connectivity index (χ0n) is 14.8. The minimum Gasteiger partial charge on any atom is -0.444 e. The third kappa shape index (κ3) is 3.99. The Morgan fingerprint density at radius 1 is 1.28 bits per heavy atom. The van der Waals surface area contributed by atoms with E-state index in [9.17, 15) is 9.18 Å². The van der Waals surface area contributed by atoms with E-state index >= 15 is 0 Å². The van der Waals surface area contributed by atoms with Crippen molar-refractivity contribution in [3.8, 4) is 11.1 Å². The van der Waals surface area contributed by atoms with Crippen molar-refractivity contribution in [2.75, 3.05) is 32.1 Å². The lowest BCUT2D eigenvalue weighted by molar-refractivity contribution is 0.110. The molecule has 1 heterocycles. The SMILES string of the molecule is Cc1ccc(N(C)C(=O)O[C@@H]2CCN(C)C2)c(-c2cccc(F)c2)c1. The van der Waals surface area contributed by atoms with Gasteiger partial charge in [-0.05, 0) is 50.2 Å². The Morgan fingerprint density at radius 3 is 2.76 bits per heavy atom. The summed E-state index contributed by atoms with van der Waals surface area (Å²) < 4.78 is 19.3. The van der Waals surface area contributed by atoms with E-state index < -0.39 is 0 Å². The lowest BCUT2D eigenvalue weighted by Gasteiger charge is -2.23. The smallest absolute Gasteiger partial charge is 0.414 e. The van der Waals surface area contributed by atoms with Gasteiger partial charge < -0.3 is 9.64 Å². The third-order valence-corrected chi connectivity index (χ3v) is 4.54. The van der Waals surface area contributed by atoms with Gasteiger partial charge in [-0.3, -0.25) is 4.90 Å². The number of carbonyl (C=O) groups excluding carboxylic acids is 1. The topological polar surface area (TPSA) is 32.8 Å². The van der Waals surface area contributed by atoms with Crippen molar-refractivity contribution in [2.45, 2.75) is 19.4 Å². The van der Waals surface area contributed by atoms with E-state index in [4.69, 9.17) is 4.74 Å². The van der Waals surface area contributed by atoms with Gasteiger partial charge in [0.15, 0.2) is 0 Å². The molecule has 0 spiro atoms. The van der Waals surface area contributed by atoms with Crippen LogP contribution in [0.15, 0.2) is 42.5 Å². The number of benzene rings is 2. The summed E-state index contributed by atoms with van der Waals surface area (Å²) in [7, 11) is 3.70. The molecule has 1 aliphatic rings. The Bertz CT molecular complexity index is 778. The molecule has 132 valence electrons. The maximum absolute atomic E-state index is 13.6. The Morgan fingerprint density at radius 2 is 2.08 bits per heavy atom. The highest BCUT2D eigenvalue weighted by atomic mass is 19.1. The molecule has 2 aromatic carbocycles. The van der Waals surface area contributed by atoms with Crippen LogP contribution in [0.5, 0.6) is 0 Å². The molecule has 1 fully saturated rings. The number of halogens is 1. The average molecular weight is 342 g/mol. The van der Waals surface area contributed by atoms with Gasteiger partial charge in [0, 0.05) is 25.7 Å². The Kier molecular flexibility index (Phi) is 5.04. The van der Waals surface area contributed by atoms with Gasteiger partial charge in [0.25, 0.3) is 0 Å². The highest BCUT2D eigenvalue weighted by Gasteiger charge is 2.26. The van der Waals surface area contributed by atoms with Crippen LogP contribution >= 0.6 is 0 Å². The standard InChI is InChI=1S/C20H23FN2O2/c1-14-7-8-19(18(11-14)15-5-4-6-16(21)12-15)23(3)20(24)25-17-9-10-22(2)13-17/h4-8,11-12,17H,9-10,13H2,1-3H3/t17-/m1/s1. The van der Waals surface area contributed by atoms with Gasteiger partial charge in [-0.2, -0.15) is 0 Å². The molecule has 0 unspecified atom stereocenters. The molecule has 1 atom stereocenters. The minimum absolute atomic E-state index is 0.0805. The van der Waals surface area contributed by atoms with Crippen molar-refractivity contribution >= 4 is 11.8 Å². The van der Waals surface area contributed by atoms with Gasteiger partial charge in [-0.1, -0.05) is 23.8 Å². The molecular weight excluding hydrogens is 319 g/mol. The molecule has 3 rings (SSSR count). The van der Waals surface area contributed by atoms with Crippen molar-refractivity contribution in [1.82, 2.24) is 4.90 Å². The molecule has 0 aliphatic carbocycles. The summed E-state index contributed by atoms with van der Waals surface area (Å²) in [4.78, 5) is 16.2. The second-order valence-electron chi connectivity index (χ2n) is 6.65. The first-order chi connectivity index (χ1) is 11.9. The largest absolute Gasteiger partial charge is 0.444 e. The molecule has 0 N–H and O–H groups in total. The lowest BCUT2D eigenvalue weighted by Crippen LogP contribution is -2.32. The van der Waals surface area contributed by atoms with Crippen LogP contribution < -0.4 is 4.90 Å². The fraction of sp³-hybridized carbons (Fsp3) is 0.350. The van der Waals surface area contributed by atoms with E-state index in [2.05, 4.69) is 4.90 Å². The first-order valence-corrected chi connectivity index (χ1v) is 8.43. The van der Waals surface area contributed by atoms with Gasteiger partial charge in [0.05, 0.1) is 5.69 Å². The molecule has 2 aromatic rings. The van der Waals surface area contributed by atoms with E-state index in [1.807, 2.05) is 38.2 Å². The monoisotopic (exact) mass is 342 g/mol. The van der Waals surface area contributed by atoms with Crippen LogP contribution in [0.1, 0.15) is 12.0 Å². The van der Waals surface area contributed by atoms with Crippen molar-refractivity contribution in [2.24, 2.45) is 0 Å². The summed E-state index contributed by atoms with van der Waals surface area (Å²) in [5.41, 5.74) is 3.29. The molecular formula is C20H23FN2O2. The predicted molar refractivity (Wildman–Crippen MR) is 97.4 cm³/mol. The number of aryl methyl sites for hydroxylation is 1. The summed E-state index contributed by atoms with van der Waals surface area (Å²) in [6, 6.07) is 12.2. The number of amides is 1. The Balaban J connectivity index is 1.87. The van der Waals surface area contributed by atoms with Gasteiger partial charge >= 0.3 is 6.09 Å². The molecule has 1 saturated heterocycles. The molecule has 1 amide bonds. The number of carbonyl (C=O) groups is 1. The molecule has 0 radical (unpaired) electrons. The summed E-state index contributed by atoms with van der Waals surface area (Å²) in [6.07, 6.45) is 0.380. The molecule has 4 nitrogen and oxygen atoms in total. The van der Waals surface area contributed by atoms with E-state index in [0.29, 0.717) is 5.69 Å². The van der Waals surface area contributed by atoms with E-state index in [0.717, 1.165) is 36.2 Å². The van der Waals surface area contributed by atoms with Crippen molar-refractivity contribution in [1.29, 1.82) is 0 Å². The third-order valence-electron chi connectivity index (χ3n) is 4.54. The maximum Gasteiger partial charge on any atom is 0.414 e. The summed E-state index contributed by atoms with van der Waals surface area (Å²) >= 11 is 0. The zero-order valence-corrected chi connectivity index (χ0v) is 14.8. The van der Waals surface area contributed by atoms with Crippen LogP contribution in [0.3, 0.4) is 0 Å². The highest BCUT2D eigenvalue weighted by molar-refractivity contribution is 5.93. The number of anilines is 1. The number of hydrogen-bond acceptors (Lipinski definition) is 3. The van der Waals surface area contributed by atoms with Crippen LogP contribution in [0.25, 0.3) is 11.1 Å². The summed E-state index contributed by atoms with van der Waals surface area (Å²) in [5, 5.41) is 0. The quantitative estimate of drug-likeness (QED) is 0.843. The highest BCUT2D eigenvalue weighted by Crippen LogP contribution is 2.32. The van der Waals surface area contributed by atoms with Crippen LogP contribution in [0, 0.1) is 12.7 Å². The molecule has 5 heteroatoms. The Hall–Kier alpha value is -2.40. The van der Waals surface area contributed by atoms with E-state index in [-0.39, 0.29) is 18.0 Å². The maximum atomic E-state index is 13.6. The van der Waals surface area contributed by atoms with Crippen LogP contribution in [0.2, 0.25) is 0 Å². The normalized spacial score (nSPS) is 17.5. The lowest BCUT2D eigenvalue weighted by atomic mass is 10.0. The van der Waals surface area contributed by atoms with Gasteiger partial charge in [-0.15, -0.1) is 0 Å². The van der Waals surface area contributed by atoms with Crippen LogP contribution in [-0.2, 0) is 4.74 Å². The molecule has 0 saturated carbocycles. The average Bonchev–Trinajstić information content (AvgIpc) is 2.99. The second kappa shape index (κ2) is 7.23. The van der Waals surface area contributed by atoms with Crippen molar-refractivity contribution < 1.29 is 13.9 Å². The summed E-state index contributed by atoms with van der Waals surface area (Å²) in [6.45, 7) is 3.66. The van der Waals surface area contributed by atoms with Crippen molar-refractivity contribution in [3.63, 3.8) is 0 Å². The Labute approximate surface area is 147 Å². The zero-order chi connectivity index (χ0) is 18.0. The predicted octanol–water partition coefficient (Wildman–Crippen LogP) is 4.08. The van der Waals surface area contributed by atoms with E-state index in [1.165, 1.54) is 17.0 Å². The number of rotatable bonds is 3. The van der Waals surface area contributed by atoms with Gasteiger partial charge in [-0.25, -0.2) is 9.18 Å². The fourth-order valence-corrected chi connectivity index (χ4v) is 3.14. The summed E-state index contributed by atoms with van der Waals surface area (Å²) in [5.74, 6) is -0.302. The molecule has 25 heavy (non-hydrogen) atoms. The number of hydrogen-bond donors (Lipinski definition) is 0. The first kappa shape index (κ1) is 17.4. The first-order valence-electron chi connectivity index (χ1n) is 8.43. The van der Waals surface area contributed by atoms with Gasteiger partial charge in [0.1, 0.15) is 11.9 Å². The van der Waals surface area contributed by atoms with Crippen molar-refractivity contribution in [3.05, 3.63) is 53.8 Å². The minimum atomic E-state index is -0.387. The van der Waals surface area contributed by atoms with Crippen LogP contribution in [-0.4, -0.2) is 44.3 Å². The second-order valence-corrected chi connectivity index (χ2v) is 6.65. The molecule has 0 bridgehead atoms.